The van der Waals surface area contributed by atoms with E-state index in [1.165, 1.54) is 77.9 Å². The van der Waals surface area contributed by atoms with Crippen LogP contribution in [0.3, 0.4) is 0 Å². The van der Waals surface area contributed by atoms with Gasteiger partial charge in [0.2, 0.25) is 0 Å². The van der Waals surface area contributed by atoms with Crippen molar-refractivity contribution in [1.82, 2.24) is 15.1 Å². The molecule has 112 valence electrons. The van der Waals surface area contributed by atoms with Crippen molar-refractivity contribution < 1.29 is 0 Å². The van der Waals surface area contributed by atoms with Crippen LogP contribution in [-0.2, 0) is 0 Å². The molecule has 1 saturated heterocycles. The monoisotopic (exact) mass is 267 g/mol. The molecule has 2 aliphatic rings. The Morgan fingerprint density at radius 1 is 0.895 bits per heavy atom. The van der Waals surface area contributed by atoms with E-state index in [2.05, 4.69) is 29.0 Å². The molecule has 0 bridgehead atoms. The van der Waals surface area contributed by atoms with Crippen LogP contribution in [-0.4, -0.2) is 61.7 Å². The Balaban J connectivity index is 1.52. The summed E-state index contributed by atoms with van der Waals surface area (Å²) in [6.45, 7) is 13.5. The van der Waals surface area contributed by atoms with Gasteiger partial charge >= 0.3 is 0 Å². The Morgan fingerprint density at radius 2 is 1.47 bits per heavy atom. The summed E-state index contributed by atoms with van der Waals surface area (Å²) < 4.78 is 0. The Hall–Kier alpha value is -0.120. The van der Waals surface area contributed by atoms with Crippen LogP contribution < -0.4 is 5.32 Å². The summed E-state index contributed by atoms with van der Waals surface area (Å²) in [5.41, 5.74) is 0. The van der Waals surface area contributed by atoms with E-state index < -0.39 is 0 Å². The Labute approximate surface area is 119 Å². The maximum absolute atomic E-state index is 3.77. The lowest BCUT2D eigenvalue weighted by Gasteiger charge is -2.35. The summed E-state index contributed by atoms with van der Waals surface area (Å²) in [6, 6.07) is 0.803. The summed E-state index contributed by atoms with van der Waals surface area (Å²) in [7, 11) is 0. The maximum Gasteiger partial charge on any atom is 0.0110 e. The lowest BCUT2D eigenvalue weighted by molar-refractivity contribution is 0.131. The average molecular weight is 267 g/mol. The maximum atomic E-state index is 3.77. The van der Waals surface area contributed by atoms with Gasteiger partial charge < -0.3 is 10.2 Å². The minimum atomic E-state index is 0.803. The van der Waals surface area contributed by atoms with Crippen molar-refractivity contribution in [2.45, 2.75) is 52.0 Å². The molecular weight excluding hydrogens is 234 g/mol. The molecular formula is C16H33N3. The van der Waals surface area contributed by atoms with Crippen LogP contribution in [0.4, 0.5) is 0 Å². The van der Waals surface area contributed by atoms with E-state index in [-0.39, 0.29) is 0 Å². The minimum Gasteiger partial charge on any atom is -0.313 e. The SMILES string of the molecule is CCCN1CCN(CCNC2CCC(C)CC2)CC1. The molecule has 3 nitrogen and oxygen atoms in total. The highest BCUT2D eigenvalue weighted by Gasteiger charge is 2.19. The van der Waals surface area contributed by atoms with E-state index in [0.29, 0.717) is 0 Å². The second kappa shape index (κ2) is 8.23. The minimum absolute atomic E-state index is 0.803. The van der Waals surface area contributed by atoms with E-state index in [9.17, 15) is 0 Å². The van der Waals surface area contributed by atoms with Crippen molar-refractivity contribution in [1.29, 1.82) is 0 Å². The Bertz CT molecular complexity index is 228. The fourth-order valence-corrected chi connectivity index (χ4v) is 3.44. The van der Waals surface area contributed by atoms with Crippen LogP contribution in [0.2, 0.25) is 0 Å². The molecule has 0 aromatic rings. The number of nitrogens with one attached hydrogen (secondary N) is 1. The molecule has 1 aliphatic carbocycles. The third-order valence-electron chi connectivity index (χ3n) is 4.88. The molecule has 0 atom stereocenters. The highest BCUT2D eigenvalue weighted by atomic mass is 15.3. The van der Waals surface area contributed by atoms with Gasteiger partial charge in [-0.3, -0.25) is 4.90 Å². The van der Waals surface area contributed by atoms with E-state index in [0.717, 1.165) is 12.0 Å². The van der Waals surface area contributed by atoms with Gasteiger partial charge in [0.25, 0.3) is 0 Å². The first-order valence-corrected chi connectivity index (χ1v) is 8.46. The van der Waals surface area contributed by atoms with Crippen LogP contribution in [0, 0.1) is 5.92 Å². The topological polar surface area (TPSA) is 18.5 Å². The van der Waals surface area contributed by atoms with Crippen LogP contribution >= 0.6 is 0 Å². The first kappa shape index (κ1) is 15.3. The third kappa shape index (κ3) is 5.41. The van der Waals surface area contributed by atoms with Crippen molar-refractivity contribution in [3.05, 3.63) is 0 Å². The van der Waals surface area contributed by atoms with Crippen LogP contribution in [0.25, 0.3) is 0 Å². The highest BCUT2D eigenvalue weighted by molar-refractivity contribution is 4.77. The molecule has 1 heterocycles. The van der Waals surface area contributed by atoms with Crippen LogP contribution in [0.15, 0.2) is 0 Å². The zero-order chi connectivity index (χ0) is 13.5. The molecule has 0 amide bonds. The lowest BCUT2D eigenvalue weighted by Crippen LogP contribution is -2.48. The van der Waals surface area contributed by atoms with Crippen molar-refractivity contribution in [2.24, 2.45) is 5.92 Å². The Morgan fingerprint density at radius 3 is 2.05 bits per heavy atom. The molecule has 2 fully saturated rings. The van der Waals surface area contributed by atoms with Gasteiger partial charge in [0.15, 0.2) is 0 Å². The lowest BCUT2D eigenvalue weighted by atomic mass is 9.87. The average Bonchev–Trinajstić information content (AvgIpc) is 2.43. The van der Waals surface area contributed by atoms with Gasteiger partial charge in [-0.15, -0.1) is 0 Å². The largest absolute Gasteiger partial charge is 0.313 e. The molecule has 1 aliphatic heterocycles. The molecule has 0 aromatic heterocycles. The van der Waals surface area contributed by atoms with Crippen molar-refractivity contribution in [3.8, 4) is 0 Å². The number of hydrogen-bond acceptors (Lipinski definition) is 3. The summed E-state index contributed by atoms with van der Waals surface area (Å²) in [5, 5.41) is 3.77. The summed E-state index contributed by atoms with van der Waals surface area (Å²) >= 11 is 0. The number of hydrogen-bond donors (Lipinski definition) is 1. The second-order valence-electron chi connectivity index (χ2n) is 6.59. The number of nitrogens with zero attached hydrogens (tertiary/aromatic N) is 2. The van der Waals surface area contributed by atoms with Crippen LogP contribution in [0.1, 0.15) is 46.0 Å². The smallest absolute Gasteiger partial charge is 0.0110 e. The Kier molecular flexibility index (Phi) is 6.62. The summed E-state index contributed by atoms with van der Waals surface area (Å²) in [6.07, 6.45) is 6.93. The highest BCUT2D eigenvalue weighted by Crippen LogP contribution is 2.23. The molecule has 0 aromatic carbocycles. The van der Waals surface area contributed by atoms with Gasteiger partial charge in [-0.2, -0.15) is 0 Å². The van der Waals surface area contributed by atoms with Crippen molar-refractivity contribution in [2.75, 3.05) is 45.8 Å². The van der Waals surface area contributed by atoms with Gasteiger partial charge in [-0.05, 0) is 44.6 Å². The fraction of sp³-hybridized carbons (Fsp3) is 1.00. The predicted octanol–water partition coefficient (Wildman–Crippen LogP) is 2.18. The zero-order valence-electron chi connectivity index (χ0n) is 13.0. The molecule has 2 rings (SSSR count). The van der Waals surface area contributed by atoms with Gasteiger partial charge in [-0.1, -0.05) is 13.8 Å². The van der Waals surface area contributed by atoms with Gasteiger partial charge in [0, 0.05) is 45.3 Å². The molecule has 0 unspecified atom stereocenters. The molecule has 0 spiro atoms. The number of rotatable bonds is 6. The molecule has 1 saturated carbocycles. The van der Waals surface area contributed by atoms with E-state index in [1.54, 1.807) is 0 Å². The number of piperazine rings is 1. The van der Waals surface area contributed by atoms with Crippen molar-refractivity contribution in [3.63, 3.8) is 0 Å². The van der Waals surface area contributed by atoms with Gasteiger partial charge in [-0.25, -0.2) is 0 Å². The predicted molar refractivity (Wildman–Crippen MR) is 82.6 cm³/mol. The summed E-state index contributed by atoms with van der Waals surface area (Å²) in [4.78, 5) is 5.23. The van der Waals surface area contributed by atoms with Crippen molar-refractivity contribution >= 4 is 0 Å². The van der Waals surface area contributed by atoms with Crippen LogP contribution in [0.5, 0.6) is 0 Å². The molecule has 19 heavy (non-hydrogen) atoms. The first-order valence-electron chi connectivity index (χ1n) is 8.46. The normalized spacial score (nSPS) is 30.6. The molecule has 3 heteroatoms. The standard InChI is InChI=1S/C16H33N3/c1-3-9-18-11-13-19(14-12-18)10-8-17-16-6-4-15(2)5-7-16/h15-17H,3-14H2,1-2H3. The first-order chi connectivity index (χ1) is 9.28. The van der Waals surface area contributed by atoms with E-state index in [4.69, 9.17) is 0 Å². The molecule has 1 N–H and O–H groups in total. The fourth-order valence-electron chi connectivity index (χ4n) is 3.44. The molecule has 0 radical (unpaired) electrons. The van der Waals surface area contributed by atoms with Gasteiger partial charge in [0.1, 0.15) is 0 Å². The third-order valence-corrected chi connectivity index (χ3v) is 4.88. The quantitative estimate of drug-likeness (QED) is 0.796. The van der Waals surface area contributed by atoms with Gasteiger partial charge in [0.05, 0.1) is 0 Å². The summed E-state index contributed by atoms with van der Waals surface area (Å²) in [5.74, 6) is 0.963. The zero-order valence-corrected chi connectivity index (χ0v) is 13.0. The van der Waals surface area contributed by atoms with E-state index >= 15 is 0 Å². The second-order valence-corrected chi connectivity index (χ2v) is 6.59. The van der Waals surface area contributed by atoms with E-state index in [1.807, 2.05) is 0 Å².